The summed E-state index contributed by atoms with van der Waals surface area (Å²) in [6.07, 6.45) is 6.06. The van der Waals surface area contributed by atoms with Crippen LogP contribution in [0.2, 0.25) is 0 Å². The normalized spacial score (nSPS) is 22.0. The Morgan fingerprint density at radius 3 is 2.68 bits per heavy atom. The standard InChI is InChI=1S/C13H29N3O2S/c1-4-16(19(3,17)18)11-7-9-14-12-13-8-5-6-10-15(13)2/h13-14H,4-12H2,1-3H3. The molecule has 0 saturated carbocycles. The minimum atomic E-state index is -3.03. The highest BCUT2D eigenvalue weighted by Gasteiger charge is 2.18. The minimum absolute atomic E-state index is 0.560. The van der Waals surface area contributed by atoms with Gasteiger partial charge in [0.05, 0.1) is 6.26 Å². The Balaban J connectivity index is 2.13. The molecule has 0 aliphatic carbocycles. The first-order chi connectivity index (χ1) is 8.95. The van der Waals surface area contributed by atoms with Crippen LogP contribution < -0.4 is 5.32 Å². The highest BCUT2D eigenvalue weighted by atomic mass is 32.2. The van der Waals surface area contributed by atoms with Gasteiger partial charge in [-0.1, -0.05) is 13.3 Å². The van der Waals surface area contributed by atoms with E-state index < -0.39 is 10.0 Å². The van der Waals surface area contributed by atoms with Crippen molar-refractivity contribution in [3.63, 3.8) is 0 Å². The summed E-state index contributed by atoms with van der Waals surface area (Å²) in [7, 11) is -0.846. The zero-order valence-corrected chi connectivity index (χ0v) is 13.4. The molecule has 1 atom stereocenters. The molecule has 1 heterocycles. The number of hydrogen-bond donors (Lipinski definition) is 1. The van der Waals surface area contributed by atoms with E-state index >= 15 is 0 Å². The summed E-state index contributed by atoms with van der Waals surface area (Å²) in [5.74, 6) is 0. The van der Waals surface area contributed by atoms with Gasteiger partial charge in [-0.2, -0.15) is 0 Å². The predicted molar refractivity (Wildman–Crippen MR) is 79.8 cm³/mol. The number of likely N-dealkylation sites (N-methyl/N-ethyl adjacent to an activating group) is 1. The molecule has 0 bridgehead atoms. The van der Waals surface area contributed by atoms with E-state index in [1.807, 2.05) is 6.92 Å². The number of hydrogen-bond acceptors (Lipinski definition) is 4. The first kappa shape index (κ1) is 16.9. The molecule has 5 nitrogen and oxygen atoms in total. The Kier molecular flexibility index (Phi) is 7.28. The Morgan fingerprint density at radius 1 is 1.37 bits per heavy atom. The number of piperidine rings is 1. The molecular formula is C13H29N3O2S. The van der Waals surface area contributed by atoms with Crippen LogP contribution in [0, 0.1) is 0 Å². The van der Waals surface area contributed by atoms with Crippen LogP contribution in [-0.2, 0) is 10.0 Å². The summed E-state index contributed by atoms with van der Waals surface area (Å²) >= 11 is 0. The van der Waals surface area contributed by atoms with Gasteiger partial charge in [0.15, 0.2) is 0 Å². The lowest BCUT2D eigenvalue weighted by molar-refractivity contribution is 0.181. The van der Waals surface area contributed by atoms with E-state index in [4.69, 9.17) is 0 Å². The molecule has 1 unspecified atom stereocenters. The average Bonchev–Trinajstić information content (AvgIpc) is 2.34. The molecule has 114 valence electrons. The molecule has 0 radical (unpaired) electrons. The van der Waals surface area contributed by atoms with Gasteiger partial charge in [-0.15, -0.1) is 0 Å². The van der Waals surface area contributed by atoms with E-state index in [-0.39, 0.29) is 0 Å². The fourth-order valence-corrected chi connectivity index (χ4v) is 3.54. The Morgan fingerprint density at radius 2 is 2.11 bits per heavy atom. The van der Waals surface area contributed by atoms with Gasteiger partial charge in [0.25, 0.3) is 0 Å². The fraction of sp³-hybridized carbons (Fsp3) is 1.00. The zero-order valence-electron chi connectivity index (χ0n) is 12.6. The second kappa shape index (κ2) is 8.19. The molecule has 1 fully saturated rings. The number of nitrogens with zero attached hydrogens (tertiary/aromatic N) is 2. The maximum atomic E-state index is 11.4. The van der Waals surface area contributed by atoms with E-state index in [0.717, 1.165) is 19.5 Å². The van der Waals surface area contributed by atoms with Crippen molar-refractivity contribution in [2.24, 2.45) is 0 Å². The highest BCUT2D eigenvalue weighted by Crippen LogP contribution is 2.13. The lowest BCUT2D eigenvalue weighted by Gasteiger charge is -2.32. The molecule has 0 aromatic carbocycles. The summed E-state index contributed by atoms with van der Waals surface area (Å²) in [5, 5.41) is 3.45. The number of nitrogens with one attached hydrogen (secondary N) is 1. The number of sulfonamides is 1. The highest BCUT2D eigenvalue weighted by molar-refractivity contribution is 7.88. The molecule has 0 spiro atoms. The summed E-state index contributed by atoms with van der Waals surface area (Å²) in [6.45, 7) is 6.15. The van der Waals surface area contributed by atoms with Crippen molar-refractivity contribution in [2.75, 3.05) is 46.0 Å². The quantitative estimate of drug-likeness (QED) is 0.670. The predicted octanol–water partition coefficient (Wildman–Crippen LogP) is 0.732. The van der Waals surface area contributed by atoms with Crippen LogP contribution >= 0.6 is 0 Å². The third-order valence-electron chi connectivity index (χ3n) is 3.88. The summed E-state index contributed by atoms with van der Waals surface area (Å²) in [4.78, 5) is 2.42. The molecular weight excluding hydrogens is 262 g/mol. The first-order valence-corrected chi connectivity index (χ1v) is 9.16. The van der Waals surface area contributed by atoms with Crippen molar-refractivity contribution in [3.8, 4) is 0 Å². The molecule has 1 N–H and O–H groups in total. The van der Waals surface area contributed by atoms with E-state index in [1.165, 1.54) is 36.4 Å². The van der Waals surface area contributed by atoms with Crippen molar-refractivity contribution in [1.29, 1.82) is 0 Å². The van der Waals surface area contributed by atoms with Crippen LogP contribution in [0.5, 0.6) is 0 Å². The SMILES string of the molecule is CCN(CCCNCC1CCCCN1C)S(C)(=O)=O. The minimum Gasteiger partial charge on any atom is -0.315 e. The Labute approximate surface area is 118 Å². The van der Waals surface area contributed by atoms with Crippen molar-refractivity contribution in [3.05, 3.63) is 0 Å². The lowest BCUT2D eigenvalue weighted by Crippen LogP contribution is -2.43. The first-order valence-electron chi connectivity index (χ1n) is 7.31. The van der Waals surface area contributed by atoms with E-state index in [0.29, 0.717) is 19.1 Å². The van der Waals surface area contributed by atoms with Gasteiger partial charge < -0.3 is 10.2 Å². The summed E-state index contributed by atoms with van der Waals surface area (Å²) in [6, 6.07) is 0.644. The second-order valence-corrected chi connectivity index (χ2v) is 7.42. The monoisotopic (exact) mass is 291 g/mol. The summed E-state index contributed by atoms with van der Waals surface area (Å²) in [5.41, 5.74) is 0. The van der Waals surface area contributed by atoms with E-state index in [1.54, 1.807) is 0 Å². The Hall–Kier alpha value is -0.170. The van der Waals surface area contributed by atoms with Crippen molar-refractivity contribution < 1.29 is 8.42 Å². The van der Waals surface area contributed by atoms with Gasteiger partial charge in [0.2, 0.25) is 10.0 Å². The van der Waals surface area contributed by atoms with Gasteiger partial charge in [0.1, 0.15) is 0 Å². The molecule has 6 heteroatoms. The van der Waals surface area contributed by atoms with Gasteiger partial charge in [-0.25, -0.2) is 12.7 Å². The molecule has 0 aromatic heterocycles. The largest absolute Gasteiger partial charge is 0.315 e. The van der Waals surface area contributed by atoms with E-state index in [2.05, 4.69) is 17.3 Å². The molecule has 19 heavy (non-hydrogen) atoms. The van der Waals surface area contributed by atoms with Crippen LogP contribution in [-0.4, -0.2) is 69.7 Å². The second-order valence-electron chi connectivity index (χ2n) is 5.44. The van der Waals surface area contributed by atoms with Gasteiger partial charge >= 0.3 is 0 Å². The molecule has 1 saturated heterocycles. The van der Waals surface area contributed by atoms with Crippen molar-refractivity contribution >= 4 is 10.0 Å². The number of likely N-dealkylation sites (tertiary alicyclic amines) is 1. The van der Waals surface area contributed by atoms with E-state index in [9.17, 15) is 8.42 Å². The number of rotatable bonds is 8. The maximum absolute atomic E-state index is 11.4. The van der Waals surface area contributed by atoms with Crippen LogP contribution in [0.3, 0.4) is 0 Å². The van der Waals surface area contributed by atoms with Crippen LogP contribution in [0.25, 0.3) is 0 Å². The van der Waals surface area contributed by atoms with Crippen LogP contribution in [0.15, 0.2) is 0 Å². The fourth-order valence-electron chi connectivity index (χ4n) is 2.61. The topological polar surface area (TPSA) is 52.6 Å². The van der Waals surface area contributed by atoms with Gasteiger partial charge in [0, 0.05) is 25.7 Å². The summed E-state index contributed by atoms with van der Waals surface area (Å²) < 4.78 is 24.4. The van der Waals surface area contributed by atoms with Crippen LogP contribution in [0.4, 0.5) is 0 Å². The molecule has 1 aliphatic heterocycles. The molecule has 1 aliphatic rings. The zero-order chi connectivity index (χ0) is 14.3. The van der Waals surface area contributed by atoms with Crippen molar-refractivity contribution in [1.82, 2.24) is 14.5 Å². The molecule has 0 amide bonds. The molecule has 1 rings (SSSR count). The van der Waals surface area contributed by atoms with Crippen LogP contribution in [0.1, 0.15) is 32.6 Å². The van der Waals surface area contributed by atoms with Crippen molar-refractivity contribution in [2.45, 2.75) is 38.6 Å². The van der Waals surface area contributed by atoms with Gasteiger partial charge in [-0.3, -0.25) is 0 Å². The van der Waals surface area contributed by atoms with Gasteiger partial charge in [-0.05, 0) is 39.4 Å². The Bertz CT molecular complexity index is 346. The molecule has 0 aromatic rings. The third kappa shape index (κ3) is 6.21. The lowest BCUT2D eigenvalue weighted by atomic mass is 10.0. The average molecular weight is 291 g/mol. The third-order valence-corrected chi connectivity index (χ3v) is 5.26. The maximum Gasteiger partial charge on any atom is 0.211 e. The smallest absolute Gasteiger partial charge is 0.211 e.